The molecule has 6 nitrogen and oxygen atoms in total. The Hall–Kier alpha value is -2.44. The number of nitrogens with zero attached hydrogens (tertiary/aromatic N) is 2. The van der Waals surface area contributed by atoms with Crippen molar-refractivity contribution in [3.05, 3.63) is 47.5 Å². The van der Waals surface area contributed by atoms with Crippen molar-refractivity contribution in [2.45, 2.75) is 24.7 Å². The minimum Gasteiger partial charge on any atom is -0.491 e. The lowest BCUT2D eigenvalue weighted by molar-refractivity contribution is -0.122. The van der Waals surface area contributed by atoms with Crippen molar-refractivity contribution < 1.29 is 19.0 Å². The smallest absolute Gasteiger partial charge is 0.245 e. The van der Waals surface area contributed by atoms with Crippen molar-refractivity contribution >= 4 is 24.0 Å². The molecule has 7 heteroatoms. The number of amides is 1. The van der Waals surface area contributed by atoms with Gasteiger partial charge in [-0.1, -0.05) is 24.6 Å². The maximum absolute atomic E-state index is 13.9. The van der Waals surface area contributed by atoms with Crippen LogP contribution in [-0.2, 0) is 10.2 Å². The van der Waals surface area contributed by atoms with Gasteiger partial charge in [-0.05, 0) is 43.6 Å². The van der Waals surface area contributed by atoms with Crippen molar-refractivity contribution in [2.24, 2.45) is 0 Å². The molecule has 4 aliphatic heterocycles. The number of benzene rings is 2. The van der Waals surface area contributed by atoms with Crippen LogP contribution in [0.5, 0.6) is 17.2 Å². The highest BCUT2D eigenvalue weighted by atomic mass is 35.5. The number of hydrogen-bond acceptors (Lipinski definition) is 5. The Bertz CT molecular complexity index is 991. The van der Waals surface area contributed by atoms with E-state index in [0.29, 0.717) is 24.7 Å². The van der Waals surface area contributed by atoms with E-state index >= 15 is 0 Å². The Kier molecular flexibility index (Phi) is 4.79. The number of piperidine rings is 1. The number of anilines is 1. The topological polar surface area (TPSA) is 51.2 Å². The number of hydrogen-bond donors (Lipinski definition) is 0. The maximum atomic E-state index is 13.9. The molecule has 0 aromatic heterocycles. The van der Waals surface area contributed by atoms with Crippen LogP contribution in [0.25, 0.3) is 0 Å². The fraction of sp³-hybridized carbons (Fsp3) is 0.435. The number of carbonyl (C=O) groups excluding carboxylic acids is 1. The van der Waals surface area contributed by atoms with Crippen LogP contribution in [0.1, 0.15) is 30.4 Å². The van der Waals surface area contributed by atoms with Gasteiger partial charge in [0, 0.05) is 30.4 Å². The van der Waals surface area contributed by atoms with E-state index in [4.69, 9.17) is 14.2 Å². The van der Waals surface area contributed by atoms with Gasteiger partial charge >= 0.3 is 0 Å². The molecule has 30 heavy (non-hydrogen) atoms. The van der Waals surface area contributed by atoms with Crippen LogP contribution in [0, 0.1) is 0 Å². The molecule has 0 N–H and O–H groups in total. The van der Waals surface area contributed by atoms with Gasteiger partial charge in [0.15, 0.2) is 11.5 Å². The second kappa shape index (κ2) is 7.36. The number of likely N-dealkylation sites (tertiary alicyclic amines) is 1. The normalized spacial score (nSPS) is 23.9. The Morgan fingerprint density at radius 3 is 2.47 bits per heavy atom. The van der Waals surface area contributed by atoms with Crippen molar-refractivity contribution in [1.29, 1.82) is 0 Å². The van der Waals surface area contributed by atoms with E-state index in [2.05, 4.69) is 17.0 Å². The largest absolute Gasteiger partial charge is 0.491 e. The summed E-state index contributed by atoms with van der Waals surface area (Å²) in [5.41, 5.74) is 2.12. The first-order valence-corrected chi connectivity index (χ1v) is 10.5. The van der Waals surface area contributed by atoms with Crippen LogP contribution in [-0.4, -0.2) is 50.4 Å². The SMILES string of the molecule is Cl.O=C1N(CCN2CCCCC2)c2ccccc2C12COc1cc3c(cc12)OCO3. The van der Waals surface area contributed by atoms with Gasteiger partial charge in [0.1, 0.15) is 17.8 Å². The Morgan fingerprint density at radius 1 is 0.867 bits per heavy atom. The summed E-state index contributed by atoms with van der Waals surface area (Å²) in [5.74, 6) is 2.19. The summed E-state index contributed by atoms with van der Waals surface area (Å²) in [6, 6.07) is 11.9. The van der Waals surface area contributed by atoms with Gasteiger partial charge in [-0.3, -0.25) is 4.79 Å². The molecule has 2 aromatic carbocycles. The zero-order valence-corrected chi connectivity index (χ0v) is 17.6. The predicted octanol–water partition coefficient (Wildman–Crippen LogP) is 3.35. The Morgan fingerprint density at radius 2 is 1.63 bits per heavy atom. The van der Waals surface area contributed by atoms with Crippen LogP contribution in [0.2, 0.25) is 0 Å². The van der Waals surface area contributed by atoms with Crippen LogP contribution in [0.4, 0.5) is 5.69 Å². The first-order valence-electron chi connectivity index (χ1n) is 10.5. The van der Waals surface area contributed by atoms with E-state index in [1.165, 1.54) is 19.3 Å². The van der Waals surface area contributed by atoms with Crippen molar-refractivity contribution in [3.8, 4) is 17.2 Å². The first kappa shape index (κ1) is 19.5. The molecule has 158 valence electrons. The molecule has 0 aliphatic carbocycles. The van der Waals surface area contributed by atoms with Gasteiger partial charge in [-0.2, -0.15) is 0 Å². The molecule has 1 spiro atoms. The quantitative estimate of drug-likeness (QED) is 0.750. The average molecular weight is 429 g/mol. The predicted molar refractivity (Wildman–Crippen MR) is 115 cm³/mol. The average Bonchev–Trinajstić information content (AvgIpc) is 3.43. The molecule has 0 radical (unpaired) electrons. The number of carbonyl (C=O) groups is 1. The zero-order chi connectivity index (χ0) is 19.4. The minimum absolute atomic E-state index is 0. The van der Waals surface area contributed by atoms with Gasteiger partial charge in [-0.15, -0.1) is 12.4 Å². The lowest BCUT2D eigenvalue weighted by Crippen LogP contribution is -2.45. The third kappa shape index (κ3) is 2.70. The van der Waals surface area contributed by atoms with E-state index in [1.807, 2.05) is 29.2 Å². The van der Waals surface area contributed by atoms with Gasteiger partial charge in [0.25, 0.3) is 0 Å². The summed E-state index contributed by atoms with van der Waals surface area (Å²) < 4.78 is 17.1. The van der Waals surface area contributed by atoms with Gasteiger partial charge < -0.3 is 24.0 Å². The molecule has 1 atom stereocenters. The highest BCUT2D eigenvalue weighted by Gasteiger charge is 2.57. The van der Waals surface area contributed by atoms with E-state index in [0.717, 1.165) is 42.2 Å². The van der Waals surface area contributed by atoms with Crippen LogP contribution >= 0.6 is 12.4 Å². The number of para-hydroxylation sites is 1. The van der Waals surface area contributed by atoms with E-state index < -0.39 is 5.41 Å². The third-order valence-electron chi connectivity index (χ3n) is 6.73. The molecule has 0 bridgehead atoms. The molecule has 1 saturated heterocycles. The summed E-state index contributed by atoms with van der Waals surface area (Å²) >= 11 is 0. The van der Waals surface area contributed by atoms with E-state index in [1.54, 1.807) is 0 Å². The molecule has 1 fully saturated rings. The molecule has 1 unspecified atom stereocenters. The van der Waals surface area contributed by atoms with Gasteiger partial charge in [0.05, 0.1) is 0 Å². The highest BCUT2D eigenvalue weighted by molar-refractivity contribution is 6.11. The van der Waals surface area contributed by atoms with Crippen LogP contribution < -0.4 is 19.1 Å². The second-order valence-corrected chi connectivity index (χ2v) is 8.27. The van der Waals surface area contributed by atoms with Crippen LogP contribution in [0.15, 0.2) is 36.4 Å². The third-order valence-corrected chi connectivity index (χ3v) is 6.73. The van der Waals surface area contributed by atoms with Crippen molar-refractivity contribution in [3.63, 3.8) is 0 Å². The number of fused-ring (bicyclic) bond motifs is 5. The fourth-order valence-corrected chi connectivity index (χ4v) is 5.21. The summed E-state index contributed by atoms with van der Waals surface area (Å²) in [5, 5.41) is 0. The number of ether oxygens (including phenoxy) is 3. The summed E-state index contributed by atoms with van der Waals surface area (Å²) in [7, 11) is 0. The highest BCUT2D eigenvalue weighted by Crippen LogP contribution is 2.54. The minimum atomic E-state index is -0.797. The Labute approximate surface area is 182 Å². The molecule has 0 saturated carbocycles. The van der Waals surface area contributed by atoms with E-state index in [-0.39, 0.29) is 25.1 Å². The van der Waals surface area contributed by atoms with Crippen molar-refractivity contribution in [2.75, 3.05) is 44.5 Å². The summed E-state index contributed by atoms with van der Waals surface area (Å²) in [6.45, 7) is 4.40. The molecule has 1 amide bonds. The van der Waals surface area contributed by atoms with Gasteiger partial charge in [-0.25, -0.2) is 0 Å². The van der Waals surface area contributed by atoms with E-state index in [9.17, 15) is 4.79 Å². The molecule has 2 aromatic rings. The lowest BCUT2D eigenvalue weighted by atomic mass is 9.77. The molecule has 4 heterocycles. The zero-order valence-electron chi connectivity index (χ0n) is 16.8. The lowest BCUT2D eigenvalue weighted by Gasteiger charge is -2.29. The molecule has 4 aliphatic rings. The fourth-order valence-electron chi connectivity index (χ4n) is 5.21. The van der Waals surface area contributed by atoms with Crippen LogP contribution in [0.3, 0.4) is 0 Å². The number of halogens is 1. The molecule has 6 rings (SSSR count). The Balaban J connectivity index is 0.00000193. The maximum Gasteiger partial charge on any atom is 0.245 e. The first-order chi connectivity index (χ1) is 14.3. The van der Waals surface area contributed by atoms with Crippen molar-refractivity contribution in [1.82, 2.24) is 4.90 Å². The number of rotatable bonds is 3. The molecular formula is C23H25ClN2O4. The van der Waals surface area contributed by atoms with Gasteiger partial charge in [0.2, 0.25) is 12.7 Å². The summed E-state index contributed by atoms with van der Waals surface area (Å²) in [4.78, 5) is 18.3. The second-order valence-electron chi connectivity index (χ2n) is 8.27. The monoisotopic (exact) mass is 428 g/mol. The standard InChI is InChI=1S/C23H24N2O4.ClH/c26-22-23(14-27-19-13-21-20(12-17(19)23)28-15-29-21)16-6-2-3-7-18(16)25(22)11-10-24-8-4-1-5-9-24;/h2-3,6-7,12-13H,1,4-5,8-11,14-15H2;1H. The summed E-state index contributed by atoms with van der Waals surface area (Å²) in [6.07, 6.45) is 3.82. The molecular weight excluding hydrogens is 404 g/mol.